The molecule has 0 saturated heterocycles. The van der Waals surface area contributed by atoms with Gasteiger partial charge in [0.1, 0.15) is 0 Å². The van der Waals surface area contributed by atoms with Gasteiger partial charge in [-0.2, -0.15) is 0 Å². The third kappa shape index (κ3) is 4.07. The molecular formula is C42H31NSi. The molecule has 208 valence electrons. The number of hydrogen-bond donors (Lipinski definition) is 0. The largest absolute Gasteiger partial charge is 0.309 e. The van der Waals surface area contributed by atoms with Crippen molar-refractivity contribution >= 4 is 45.9 Å². The second-order valence-electron chi connectivity index (χ2n) is 11.3. The van der Waals surface area contributed by atoms with Gasteiger partial charge in [0.15, 0.2) is 8.07 Å². The summed E-state index contributed by atoms with van der Waals surface area (Å²) in [5, 5.41) is 5.70. The zero-order chi connectivity index (χ0) is 29.3. The van der Waals surface area contributed by atoms with Crippen LogP contribution in [0, 0.1) is 0 Å². The number of para-hydroxylation sites is 2. The molecule has 8 rings (SSSR count). The first-order valence-corrected chi connectivity index (χ1v) is 17.2. The predicted octanol–water partition coefficient (Wildman–Crippen LogP) is 8.18. The van der Waals surface area contributed by atoms with Crippen LogP contribution in [0.25, 0.3) is 22.3 Å². The van der Waals surface area contributed by atoms with Crippen LogP contribution in [-0.2, 0) is 0 Å². The second kappa shape index (κ2) is 11.0. The fraction of sp³-hybridized carbons (Fsp3) is 0. The minimum absolute atomic E-state index is 1.14. The van der Waals surface area contributed by atoms with Gasteiger partial charge < -0.3 is 4.90 Å². The zero-order valence-corrected chi connectivity index (χ0v) is 25.3. The lowest BCUT2D eigenvalue weighted by Crippen LogP contribution is -2.72. The molecule has 0 saturated carbocycles. The maximum absolute atomic E-state index is 2.61. The molecule has 0 spiro atoms. The number of anilines is 3. The third-order valence-electron chi connectivity index (χ3n) is 8.95. The van der Waals surface area contributed by atoms with Crippen LogP contribution in [0.1, 0.15) is 0 Å². The van der Waals surface area contributed by atoms with Crippen molar-refractivity contribution in [3.05, 3.63) is 188 Å². The number of rotatable bonds is 6. The molecule has 7 aromatic carbocycles. The molecule has 0 fully saturated rings. The predicted molar refractivity (Wildman–Crippen MR) is 189 cm³/mol. The van der Waals surface area contributed by atoms with Crippen molar-refractivity contribution in [2.45, 2.75) is 0 Å². The number of hydrogen-bond acceptors (Lipinski definition) is 1. The molecule has 0 radical (unpaired) electrons. The minimum Gasteiger partial charge on any atom is -0.309 e. The molecule has 1 aliphatic rings. The Morgan fingerprint density at radius 1 is 0.341 bits per heavy atom. The topological polar surface area (TPSA) is 3.24 Å². The van der Waals surface area contributed by atoms with Crippen LogP contribution in [0.15, 0.2) is 188 Å². The first-order chi connectivity index (χ1) is 21.9. The van der Waals surface area contributed by atoms with E-state index in [1.54, 1.807) is 0 Å². The van der Waals surface area contributed by atoms with E-state index >= 15 is 0 Å². The molecule has 1 aliphatic heterocycles. The van der Waals surface area contributed by atoms with Crippen molar-refractivity contribution in [2.75, 3.05) is 4.90 Å². The maximum Gasteiger partial charge on any atom is 0.180 e. The number of nitrogens with zero attached hydrogens (tertiary/aromatic N) is 1. The van der Waals surface area contributed by atoms with E-state index in [0.29, 0.717) is 0 Å². The summed E-state index contributed by atoms with van der Waals surface area (Å²) in [5.41, 5.74) is 8.56. The minimum atomic E-state index is -2.61. The Labute approximate surface area is 260 Å². The molecule has 0 bridgehead atoms. The summed E-state index contributed by atoms with van der Waals surface area (Å²) in [6.45, 7) is 0. The van der Waals surface area contributed by atoms with E-state index in [2.05, 4.69) is 193 Å². The number of fused-ring (bicyclic) bond motifs is 3. The van der Waals surface area contributed by atoms with Crippen molar-refractivity contribution in [3.63, 3.8) is 0 Å². The molecule has 0 amide bonds. The lowest BCUT2D eigenvalue weighted by Gasteiger charge is -2.32. The van der Waals surface area contributed by atoms with E-state index in [4.69, 9.17) is 0 Å². The normalized spacial score (nSPS) is 12.7. The molecule has 0 atom stereocenters. The van der Waals surface area contributed by atoms with Gasteiger partial charge in [-0.05, 0) is 56.1 Å². The van der Waals surface area contributed by atoms with Crippen molar-refractivity contribution in [1.82, 2.24) is 0 Å². The highest BCUT2D eigenvalue weighted by atomic mass is 28.3. The van der Waals surface area contributed by atoms with Crippen molar-refractivity contribution in [2.24, 2.45) is 0 Å². The summed E-state index contributed by atoms with van der Waals surface area (Å²) in [6, 6.07) is 68.9. The molecule has 0 N–H and O–H groups in total. The molecule has 7 aromatic rings. The summed E-state index contributed by atoms with van der Waals surface area (Å²) in [5.74, 6) is 0. The SMILES string of the molecule is c1ccc(-c2ccccc2N(c2ccccc2)c2cccc3c2-c2ccccc2[Si]3(c2ccccc2)c2ccccc2)cc1. The summed E-state index contributed by atoms with van der Waals surface area (Å²) in [6.07, 6.45) is 0. The zero-order valence-electron chi connectivity index (χ0n) is 24.3. The smallest absolute Gasteiger partial charge is 0.180 e. The Morgan fingerprint density at radius 3 is 1.48 bits per heavy atom. The van der Waals surface area contributed by atoms with Crippen molar-refractivity contribution in [1.29, 1.82) is 0 Å². The average molecular weight is 578 g/mol. The second-order valence-corrected chi connectivity index (χ2v) is 15.0. The Bertz CT molecular complexity index is 2020. The lowest BCUT2D eigenvalue weighted by atomic mass is 9.99. The summed E-state index contributed by atoms with van der Waals surface area (Å²) < 4.78 is 0. The van der Waals surface area contributed by atoms with Crippen molar-refractivity contribution < 1.29 is 0 Å². The highest BCUT2D eigenvalue weighted by Crippen LogP contribution is 2.45. The molecule has 0 aromatic heterocycles. The van der Waals surface area contributed by atoms with Gasteiger partial charge in [-0.15, -0.1) is 0 Å². The van der Waals surface area contributed by atoms with Crippen molar-refractivity contribution in [3.8, 4) is 22.3 Å². The maximum atomic E-state index is 2.47. The molecule has 1 nitrogen and oxygen atoms in total. The molecule has 44 heavy (non-hydrogen) atoms. The van der Waals surface area contributed by atoms with Gasteiger partial charge >= 0.3 is 0 Å². The molecule has 2 heteroatoms. The third-order valence-corrected chi connectivity index (χ3v) is 13.8. The van der Waals surface area contributed by atoms with Gasteiger partial charge in [-0.3, -0.25) is 0 Å². The van der Waals surface area contributed by atoms with Crippen LogP contribution >= 0.6 is 0 Å². The van der Waals surface area contributed by atoms with Gasteiger partial charge in [0.05, 0.1) is 11.4 Å². The van der Waals surface area contributed by atoms with E-state index in [9.17, 15) is 0 Å². The lowest BCUT2D eigenvalue weighted by molar-refractivity contribution is 1.29. The Morgan fingerprint density at radius 2 is 0.818 bits per heavy atom. The van der Waals surface area contributed by atoms with Crippen LogP contribution in [0.3, 0.4) is 0 Å². The van der Waals surface area contributed by atoms with E-state index in [-0.39, 0.29) is 0 Å². The average Bonchev–Trinajstić information content (AvgIpc) is 3.42. The van der Waals surface area contributed by atoms with Gasteiger partial charge in [-0.1, -0.05) is 164 Å². The highest BCUT2D eigenvalue weighted by Gasteiger charge is 2.49. The quantitative estimate of drug-likeness (QED) is 0.180. The van der Waals surface area contributed by atoms with E-state index in [1.165, 1.54) is 48.7 Å². The van der Waals surface area contributed by atoms with Crippen LogP contribution in [0.4, 0.5) is 17.1 Å². The molecule has 1 heterocycles. The first-order valence-electron chi connectivity index (χ1n) is 15.2. The van der Waals surface area contributed by atoms with Crippen LogP contribution in [-0.4, -0.2) is 8.07 Å². The Hall–Kier alpha value is -5.44. The number of benzene rings is 7. The molecule has 0 aliphatic carbocycles. The van der Waals surface area contributed by atoms with Gasteiger partial charge in [-0.25, -0.2) is 0 Å². The monoisotopic (exact) mass is 577 g/mol. The highest BCUT2D eigenvalue weighted by molar-refractivity contribution is 7.22. The fourth-order valence-electron chi connectivity index (χ4n) is 7.18. The fourth-order valence-corrected chi connectivity index (χ4v) is 12.4. The van der Waals surface area contributed by atoms with E-state index < -0.39 is 8.07 Å². The summed E-state index contributed by atoms with van der Waals surface area (Å²) >= 11 is 0. The first kappa shape index (κ1) is 26.2. The van der Waals surface area contributed by atoms with Crippen LogP contribution < -0.4 is 25.6 Å². The molecular weight excluding hydrogens is 547 g/mol. The van der Waals surface area contributed by atoms with E-state index in [1.807, 2.05) is 0 Å². The summed E-state index contributed by atoms with van der Waals surface area (Å²) in [4.78, 5) is 2.47. The van der Waals surface area contributed by atoms with Gasteiger partial charge in [0.25, 0.3) is 0 Å². The van der Waals surface area contributed by atoms with Gasteiger partial charge in [0, 0.05) is 16.8 Å². The van der Waals surface area contributed by atoms with Crippen LogP contribution in [0.2, 0.25) is 0 Å². The standard InChI is InChI=1S/C42H31NSi/c1-5-18-32(19-6-1)36-26-13-15-28-38(36)43(33-20-7-2-8-21-33)39-29-17-31-41-42(39)37-27-14-16-30-40(37)44(41,34-22-9-3-10-23-34)35-24-11-4-12-25-35/h1-31H. The molecule has 0 unspecified atom stereocenters. The Balaban J connectivity index is 1.48. The van der Waals surface area contributed by atoms with Gasteiger partial charge in [0.2, 0.25) is 0 Å². The van der Waals surface area contributed by atoms with Crippen LogP contribution in [0.5, 0.6) is 0 Å². The van der Waals surface area contributed by atoms with E-state index in [0.717, 1.165) is 11.4 Å². The summed E-state index contributed by atoms with van der Waals surface area (Å²) in [7, 11) is -2.61. The Kier molecular flexibility index (Phi) is 6.55.